The molecule has 2 fully saturated rings. The first-order chi connectivity index (χ1) is 19.8. The van der Waals surface area contributed by atoms with E-state index >= 15 is 0 Å². The number of hydrogen-bond acceptors (Lipinski definition) is 5. The van der Waals surface area contributed by atoms with Crippen molar-refractivity contribution in [2.24, 2.45) is 10.7 Å². The predicted molar refractivity (Wildman–Crippen MR) is 181 cm³/mol. The molecular weight excluding hydrogens is 505 g/mol. The van der Waals surface area contributed by atoms with Crippen LogP contribution >= 0.6 is 0 Å². The average molecular weight is 555 g/mol. The predicted octanol–water partition coefficient (Wildman–Crippen LogP) is 6.18. The molecule has 41 heavy (non-hydrogen) atoms. The Morgan fingerprint density at radius 2 is 1.71 bits per heavy atom. The van der Waals surface area contributed by atoms with E-state index in [2.05, 4.69) is 55.1 Å². The Morgan fingerprint density at radius 1 is 1.07 bits per heavy atom. The Labute approximate surface area is 249 Å². The molecule has 2 aromatic carbocycles. The van der Waals surface area contributed by atoms with Crippen molar-refractivity contribution in [1.29, 1.82) is 0 Å². The van der Waals surface area contributed by atoms with Gasteiger partial charge in [0, 0.05) is 43.3 Å². The molecule has 1 saturated carbocycles. The van der Waals surface area contributed by atoms with Crippen LogP contribution in [-0.4, -0.2) is 57.0 Å². The van der Waals surface area contributed by atoms with Crippen molar-refractivity contribution >= 4 is 41.4 Å². The van der Waals surface area contributed by atoms with E-state index in [1.807, 2.05) is 64.0 Å². The number of benzene rings is 2. The highest BCUT2D eigenvalue weighted by atomic mass is 16.2. The van der Waals surface area contributed by atoms with E-state index in [-0.39, 0.29) is 11.6 Å². The number of anilines is 2. The van der Waals surface area contributed by atoms with Crippen LogP contribution in [0.15, 0.2) is 78.0 Å². The normalized spacial score (nSPS) is 15.6. The van der Waals surface area contributed by atoms with Crippen molar-refractivity contribution in [2.75, 3.05) is 43.4 Å². The molecule has 0 unspecified atom stereocenters. The van der Waals surface area contributed by atoms with Gasteiger partial charge in [0.1, 0.15) is 7.28 Å². The Balaban J connectivity index is 0.00000108. The van der Waals surface area contributed by atoms with Crippen molar-refractivity contribution in [3.63, 3.8) is 0 Å². The van der Waals surface area contributed by atoms with Gasteiger partial charge in [0.25, 0.3) is 5.91 Å². The third-order valence-corrected chi connectivity index (χ3v) is 6.72. The summed E-state index contributed by atoms with van der Waals surface area (Å²) in [7, 11) is 4.22. The molecule has 219 valence electrons. The number of hydrogen-bond donors (Lipinski definition) is 2. The van der Waals surface area contributed by atoms with Crippen LogP contribution in [0.3, 0.4) is 0 Å². The number of nitrogens with two attached hydrogens (primary N) is 1. The number of carbonyl (C=O) groups excluding carboxylic acids is 1. The van der Waals surface area contributed by atoms with Crippen LogP contribution < -0.4 is 21.4 Å². The van der Waals surface area contributed by atoms with Gasteiger partial charge in [-0.2, -0.15) is 0 Å². The Morgan fingerprint density at radius 3 is 2.24 bits per heavy atom. The van der Waals surface area contributed by atoms with E-state index in [4.69, 9.17) is 10.7 Å². The summed E-state index contributed by atoms with van der Waals surface area (Å²) in [5.74, 6) is -0.351. The molecule has 4 rings (SSSR count). The highest BCUT2D eigenvalue weighted by Crippen LogP contribution is 2.20. The molecule has 3 N–H and O–H groups in total. The van der Waals surface area contributed by atoms with Crippen LogP contribution in [0.1, 0.15) is 57.6 Å². The fraction of sp³-hybridized carbons (Fsp3) is 0.412. The third kappa shape index (κ3) is 11.4. The molecule has 7 heteroatoms. The molecule has 1 amide bonds. The summed E-state index contributed by atoms with van der Waals surface area (Å²) in [6.45, 7) is 18.0. The average Bonchev–Trinajstić information content (AvgIpc) is 3.88. The quantitative estimate of drug-likeness (QED) is 0.168. The summed E-state index contributed by atoms with van der Waals surface area (Å²) < 4.78 is 0. The highest BCUT2D eigenvalue weighted by molar-refractivity contribution is 6.52. The maximum Gasteiger partial charge on any atom is 0.271 e. The fourth-order valence-electron chi connectivity index (χ4n) is 4.06. The Kier molecular flexibility index (Phi) is 14.7. The molecule has 0 bridgehead atoms. The summed E-state index contributed by atoms with van der Waals surface area (Å²) in [6, 6.07) is 14.1. The Hall–Kier alpha value is -3.58. The monoisotopic (exact) mass is 554 g/mol. The molecule has 1 saturated heterocycles. The Bertz CT molecular complexity index is 1200. The van der Waals surface area contributed by atoms with E-state index in [9.17, 15) is 4.79 Å². The number of nitrogens with zero attached hydrogens (tertiary/aromatic N) is 3. The zero-order valence-corrected chi connectivity index (χ0v) is 26.0. The van der Waals surface area contributed by atoms with Crippen molar-refractivity contribution < 1.29 is 4.79 Å². The van der Waals surface area contributed by atoms with Crippen molar-refractivity contribution in [3.8, 4) is 0 Å². The maximum atomic E-state index is 12.8. The lowest BCUT2D eigenvalue weighted by Gasteiger charge is -2.34. The van der Waals surface area contributed by atoms with Gasteiger partial charge in [-0.25, -0.2) is 0 Å². The second-order valence-electron chi connectivity index (χ2n) is 10.1. The van der Waals surface area contributed by atoms with Crippen molar-refractivity contribution in [2.45, 2.75) is 60.2 Å². The summed E-state index contributed by atoms with van der Waals surface area (Å²) in [5.41, 5.74) is 13.0. The molecule has 1 aliphatic carbocycles. The van der Waals surface area contributed by atoms with E-state index in [0.717, 1.165) is 48.6 Å². The standard InChI is InChI=1S/C29H37BN5O.C3H6.C2H6/c1-6-8-28(22-10-9-21(3)26(19-22)30-4)32-23(7-2)20-27(31)29(36)33-24-11-13-25(14-12-24)35-17-15-34(5)16-18-35;1-2-3-1;1-2/h6,8-14,19-20H,1,7,15-18,31H2,2-5H3,(H,33,36);1-3H2;1-2H3/b27-20-,28-8-,32-23+;;. The summed E-state index contributed by atoms with van der Waals surface area (Å²) in [6.07, 6.45) is 10.4. The van der Waals surface area contributed by atoms with Crippen LogP contribution in [-0.2, 0) is 4.79 Å². The molecule has 0 spiro atoms. The minimum absolute atomic E-state index is 0.114. The molecular formula is C34H49BN5O. The highest BCUT2D eigenvalue weighted by Gasteiger charge is 2.14. The number of piperazine rings is 1. The van der Waals surface area contributed by atoms with Crippen LogP contribution in [0, 0.1) is 6.92 Å². The summed E-state index contributed by atoms with van der Waals surface area (Å²) in [5, 5.41) is 2.89. The lowest BCUT2D eigenvalue weighted by molar-refractivity contribution is -0.112. The molecule has 1 heterocycles. The van der Waals surface area contributed by atoms with Gasteiger partial charge in [-0.3, -0.25) is 9.79 Å². The zero-order chi connectivity index (χ0) is 30.2. The first kappa shape index (κ1) is 33.6. The topological polar surface area (TPSA) is 74.0 Å². The van der Waals surface area contributed by atoms with Gasteiger partial charge in [0.15, 0.2) is 0 Å². The summed E-state index contributed by atoms with van der Waals surface area (Å²) >= 11 is 0. The largest absolute Gasteiger partial charge is 0.394 e. The number of likely N-dealkylation sites (N-methyl/N-ethyl adjacent to an activating group) is 1. The lowest BCUT2D eigenvalue weighted by atomic mass is 9.70. The van der Waals surface area contributed by atoms with Gasteiger partial charge in [-0.05, 0) is 62.4 Å². The molecule has 0 aromatic heterocycles. The minimum atomic E-state index is -0.351. The number of aliphatic imine (C=N–C) groups is 1. The van der Waals surface area contributed by atoms with Crippen LogP contribution in [0.4, 0.5) is 11.4 Å². The molecule has 6 nitrogen and oxygen atoms in total. The maximum absolute atomic E-state index is 12.8. The van der Waals surface area contributed by atoms with Gasteiger partial charge in [-0.15, -0.1) is 0 Å². The van der Waals surface area contributed by atoms with Crippen LogP contribution in [0.2, 0.25) is 6.82 Å². The van der Waals surface area contributed by atoms with Crippen LogP contribution in [0.5, 0.6) is 0 Å². The number of carbonyl (C=O) groups is 1. The number of allylic oxidation sites excluding steroid dienone is 3. The van der Waals surface area contributed by atoms with Gasteiger partial charge < -0.3 is 20.9 Å². The number of amides is 1. The molecule has 1 radical (unpaired) electrons. The lowest BCUT2D eigenvalue weighted by Crippen LogP contribution is -2.44. The first-order valence-electron chi connectivity index (χ1n) is 15.0. The second-order valence-corrected chi connectivity index (χ2v) is 10.1. The summed E-state index contributed by atoms with van der Waals surface area (Å²) in [4.78, 5) is 22.3. The van der Waals surface area contributed by atoms with E-state index in [0.29, 0.717) is 17.8 Å². The van der Waals surface area contributed by atoms with E-state index in [1.54, 1.807) is 12.2 Å². The third-order valence-electron chi connectivity index (χ3n) is 6.72. The van der Waals surface area contributed by atoms with E-state index in [1.165, 1.54) is 24.8 Å². The smallest absolute Gasteiger partial charge is 0.271 e. The second kappa shape index (κ2) is 18.0. The zero-order valence-electron chi connectivity index (χ0n) is 26.0. The minimum Gasteiger partial charge on any atom is -0.394 e. The molecule has 2 aromatic rings. The SMILES string of the molecule is C1CC1.C=C\C=C(/N=C(/C=C(\N)C(=O)Nc1ccc(N2CCN(C)CC2)cc1)CC)c1ccc(C)c([B]C)c1.CC. The number of aryl methyl sites for hydroxylation is 1. The molecule has 2 aliphatic rings. The molecule has 0 atom stereocenters. The van der Waals surface area contributed by atoms with Gasteiger partial charge >= 0.3 is 0 Å². The molecule has 1 aliphatic heterocycles. The van der Waals surface area contributed by atoms with E-state index < -0.39 is 0 Å². The number of rotatable bonds is 9. The fourth-order valence-corrected chi connectivity index (χ4v) is 4.06. The number of nitrogens with one attached hydrogen (secondary N) is 1. The van der Waals surface area contributed by atoms with Gasteiger partial charge in [0.2, 0.25) is 0 Å². The first-order valence-corrected chi connectivity index (χ1v) is 15.0. The van der Waals surface area contributed by atoms with Gasteiger partial charge in [-0.1, -0.05) is 88.7 Å². The van der Waals surface area contributed by atoms with Crippen molar-refractivity contribution in [1.82, 2.24) is 4.90 Å². The van der Waals surface area contributed by atoms with Crippen molar-refractivity contribution in [3.05, 3.63) is 84.1 Å². The van der Waals surface area contributed by atoms with Gasteiger partial charge in [0.05, 0.1) is 11.4 Å². The van der Waals surface area contributed by atoms with Crippen LogP contribution in [0.25, 0.3) is 5.70 Å².